The minimum atomic E-state index is 0.129. The molecule has 3 N–H and O–H groups in total. The van der Waals surface area contributed by atoms with Gasteiger partial charge in [-0.25, -0.2) is 4.98 Å². The van der Waals surface area contributed by atoms with Gasteiger partial charge in [0.1, 0.15) is 5.75 Å². The van der Waals surface area contributed by atoms with E-state index >= 15 is 0 Å². The van der Waals surface area contributed by atoms with E-state index in [-0.39, 0.29) is 11.8 Å². The van der Waals surface area contributed by atoms with Crippen LogP contribution in [0.2, 0.25) is 0 Å². The van der Waals surface area contributed by atoms with Gasteiger partial charge in [-0.3, -0.25) is 0 Å². The van der Waals surface area contributed by atoms with Crippen LogP contribution in [0.5, 0.6) is 5.75 Å². The monoisotopic (exact) mass is 254 g/mol. The Balaban J connectivity index is 2.47. The van der Waals surface area contributed by atoms with Gasteiger partial charge in [-0.05, 0) is 34.1 Å². The van der Waals surface area contributed by atoms with Crippen molar-refractivity contribution in [3.8, 4) is 17.1 Å². The number of aromatic hydroxyl groups is 1. The van der Waals surface area contributed by atoms with Crippen LogP contribution in [0.4, 0.5) is 6.01 Å². The second kappa shape index (κ2) is 3.34. The van der Waals surface area contributed by atoms with E-state index in [4.69, 9.17) is 10.2 Å². The summed E-state index contributed by atoms with van der Waals surface area (Å²) < 4.78 is 5.73. The Kier molecular flexibility index (Phi) is 2.17. The summed E-state index contributed by atoms with van der Waals surface area (Å²) in [5, 5.41) is 9.28. The Labute approximate surface area is 88.5 Å². The lowest BCUT2D eigenvalue weighted by molar-refractivity contribution is 0.472. The minimum absolute atomic E-state index is 0.129. The Morgan fingerprint density at radius 1 is 1.43 bits per heavy atom. The number of oxazole rings is 1. The average molecular weight is 255 g/mol. The van der Waals surface area contributed by atoms with Crippen molar-refractivity contribution in [1.29, 1.82) is 0 Å². The summed E-state index contributed by atoms with van der Waals surface area (Å²) >= 11 is 3.21. The molecule has 5 heteroatoms. The van der Waals surface area contributed by atoms with Crippen LogP contribution in [0, 0.1) is 0 Å². The highest BCUT2D eigenvalue weighted by Gasteiger charge is 2.06. The zero-order valence-electron chi connectivity index (χ0n) is 7.07. The largest absolute Gasteiger partial charge is 0.507 e. The lowest BCUT2D eigenvalue weighted by atomic mass is 10.2. The predicted octanol–water partition coefficient (Wildman–Crippen LogP) is 2.39. The molecule has 0 aliphatic rings. The molecular formula is C9H7BrN2O2. The Bertz CT molecular complexity index is 468. The first-order valence-electron chi connectivity index (χ1n) is 3.87. The second-order valence-corrected chi connectivity index (χ2v) is 3.58. The minimum Gasteiger partial charge on any atom is -0.507 e. The fourth-order valence-corrected chi connectivity index (χ4v) is 1.46. The standard InChI is InChI=1S/C9H7BrN2O2/c10-6-3-5(1-2-7(6)13)8-4-12-9(11)14-8/h1-4,13H,(H2,11,12). The first-order chi connectivity index (χ1) is 6.66. The third-order valence-electron chi connectivity index (χ3n) is 1.76. The average Bonchev–Trinajstić information content (AvgIpc) is 2.57. The van der Waals surface area contributed by atoms with Gasteiger partial charge in [0.05, 0.1) is 10.7 Å². The summed E-state index contributed by atoms with van der Waals surface area (Å²) in [7, 11) is 0. The summed E-state index contributed by atoms with van der Waals surface area (Å²) in [5.41, 5.74) is 6.15. The smallest absolute Gasteiger partial charge is 0.292 e. The molecule has 0 unspecified atom stereocenters. The van der Waals surface area contributed by atoms with Gasteiger partial charge in [-0.1, -0.05) is 0 Å². The Morgan fingerprint density at radius 3 is 2.79 bits per heavy atom. The van der Waals surface area contributed by atoms with Crippen molar-refractivity contribution in [1.82, 2.24) is 4.98 Å². The van der Waals surface area contributed by atoms with E-state index in [1.54, 1.807) is 18.2 Å². The van der Waals surface area contributed by atoms with E-state index in [1.165, 1.54) is 6.20 Å². The van der Waals surface area contributed by atoms with Crippen molar-refractivity contribution in [3.05, 3.63) is 28.9 Å². The molecule has 1 aromatic carbocycles. The molecule has 72 valence electrons. The lowest BCUT2D eigenvalue weighted by Crippen LogP contribution is -1.80. The maximum absolute atomic E-state index is 9.28. The first kappa shape index (κ1) is 9.08. The van der Waals surface area contributed by atoms with E-state index in [0.29, 0.717) is 10.2 Å². The number of phenolic OH excluding ortho intramolecular Hbond substituents is 1. The molecule has 14 heavy (non-hydrogen) atoms. The molecule has 0 fully saturated rings. The molecule has 0 aliphatic carbocycles. The highest BCUT2D eigenvalue weighted by atomic mass is 79.9. The molecule has 0 spiro atoms. The summed E-state index contributed by atoms with van der Waals surface area (Å²) in [6.07, 6.45) is 1.54. The number of nitrogens with zero attached hydrogens (tertiary/aromatic N) is 1. The van der Waals surface area contributed by atoms with Crippen molar-refractivity contribution in [3.63, 3.8) is 0 Å². The summed E-state index contributed by atoms with van der Waals surface area (Å²) in [5.74, 6) is 0.754. The van der Waals surface area contributed by atoms with Gasteiger partial charge in [0.25, 0.3) is 6.01 Å². The van der Waals surface area contributed by atoms with Gasteiger partial charge in [0.2, 0.25) is 0 Å². The van der Waals surface area contributed by atoms with Crippen molar-refractivity contribution < 1.29 is 9.52 Å². The molecule has 0 saturated heterocycles. The zero-order chi connectivity index (χ0) is 10.1. The van der Waals surface area contributed by atoms with Gasteiger partial charge in [0, 0.05) is 5.56 Å². The molecule has 4 nitrogen and oxygen atoms in total. The number of phenols is 1. The van der Waals surface area contributed by atoms with Crippen LogP contribution in [0.15, 0.2) is 33.3 Å². The van der Waals surface area contributed by atoms with Crippen molar-refractivity contribution >= 4 is 21.9 Å². The van der Waals surface area contributed by atoms with Crippen LogP contribution in [0.25, 0.3) is 11.3 Å². The number of nitrogen functional groups attached to an aromatic ring is 1. The van der Waals surface area contributed by atoms with E-state index in [0.717, 1.165) is 5.56 Å². The van der Waals surface area contributed by atoms with Gasteiger partial charge in [-0.15, -0.1) is 0 Å². The highest BCUT2D eigenvalue weighted by Crippen LogP contribution is 2.30. The molecule has 0 amide bonds. The molecule has 0 aliphatic heterocycles. The lowest BCUT2D eigenvalue weighted by Gasteiger charge is -1.99. The molecule has 0 saturated carbocycles. The molecule has 2 aromatic rings. The maximum Gasteiger partial charge on any atom is 0.292 e. The van der Waals surface area contributed by atoms with Crippen molar-refractivity contribution in [2.24, 2.45) is 0 Å². The number of hydrogen-bond donors (Lipinski definition) is 2. The molecule has 0 bridgehead atoms. The number of aromatic nitrogens is 1. The zero-order valence-corrected chi connectivity index (χ0v) is 8.65. The molecule has 0 atom stereocenters. The van der Waals surface area contributed by atoms with E-state index < -0.39 is 0 Å². The molecule has 1 heterocycles. The van der Waals surface area contributed by atoms with E-state index in [9.17, 15) is 5.11 Å². The molecular weight excluding hydrogens is 248 g/mol. The van der Waals surface area contributed by atoms with Gasteiger partial charge in [0.15, 0.2) is 5.76 Å². The number of anilines is 1. The summed E-state index contributed by atoms with van der Waals surface area (Å²) in [6, 6.07) is 5.15. The molecule has 0 radical (unpaired) electrons. The topological polar surface area (TPSA) is 72.3 Å². The predicted molar refractivity (Wildman–Crippen MR) is 55.7 cm³/mol. The molecule has 1 aromatic heterocycles. The number of benzene rings is 1. The van der Waals surface area contributed by atoms with Crippen LogP contribution in [0.1, 0.15) is 0 Å². The first-order valence-corrected chi connectivity index (χ1v) is 4.66. The summed E-state index contributed by atoms with van der Waals surface area (Å²) in [4.78, 5) is 3.78. The third-order valence-corrected chi connectivity index (χ3v) is 2.39. The van der Waals surface area contributed by atoms with Crippen LogP contribution in [-0.4, -0.2) is 10.1 Å². The van der Waals surface area contributed by atoms with Gasteiger partial charge >= 0.3 is 0 Å². The highest BCUT2D eigenvalue weighted by molar-refractivity contribution is 9.10. The van der Waals surface area contributed by atoms with Crippen LogP contribution in [-0.2, 0) is 0 Å². The molecule has 2 rings (SSSR count). The number of rotatable bonds is 1. The van der Waals surface area contributed by atoms with Gasteiger partial charge in [-0.2, -0.15) is 0 Å². The second-order valence-electron chi connectivity index (χ2n) is 2.73. The Morgan fingerprint density at radius 2 is 2.21 bits per heavy atom. The van der Waals surface area contributed by atoms with Gasteiger partial charge < -0.3 is 15.3 Å². The van der Waals surface area contributed by atoms with Crippen molar-refractivity contribution in [2.75, 3.05) is 5.73 Å². The van der Waals surface area contributed by atoms with Crippen LogP contribution < -0.4 is 5.73 Å². The fourth-order valence-electron chi connectivity index (χ4n) is 1.08. The normalized spacial score (nSPS) is 10.4. The third kappa shape index (κ3) is 1.58. The SMILES string of the molecule is Nc1ncc(-c2ccc(O)c(Br)c2)o1. The van der Waals surface area contributed by atoms with E-state index in [1.807, 2.05) is 0 Å². The van der Waals surface area contributed by atoms with Crippen molar-refractivity contribution in [2.45, 2.75) is 0 Å². The number of nitrogens with two attached hydrogens (primary N) is 1. The Hall–Kier alpha value is -1.49. The quantitative estimate of drug-likeness (QED) is 0.820. The number of hydrogen-bond acceptors (Lipinski definition) is 4. The van der Waals surface area contributed by atoms with Crippen LogP contribution >= 0.6 is 15.9 Å². The fraction of sp³-hybridized carbons (Fsp3) is 0. The van der Waals surface area contributed by atoms with Crippen LogP contribution in [0.3, 0.4) is 0 Å². The van der Waals surface area contributed by atoms with E-state index in [2.05, 4.69) is 20.9 Å². The number of halogens is 1. The maximum atomic E-state index is 9.28. The summed E-state index contributed by atoms with van der Waals surface area (Å²) in [6.45, 7) is 0.